The third kappa shape index (κ3) is 1.92. The van der Waals surface area contributed by atoms with Gasteiger partial charge in [0.2, 0.25) is 0 Å². The number of rotatable bonds is 3. The quantitative estimate of drug-likeness (QED) is 0.445. The van der Waals surface area contributed by atoms with E-state index < -0.39 is 5.41 Å². The van der Waals surface area contributed by atoms with E-state index in [9.17, 15) is 4.79 Å². The predicted molar refractivity (Wildman–Crippen MR) is 65.7 cm³/mol. The fourth-order valence-electron chi connectivity index (χ4n) is 2.73. The molecule has 0 heterocycles. The van der Waals surface area contributed by atoms with Crippen LogP contribution in [0.4, 0.5) is 0 Å². The third-order valence-electron chi connectivity index (χ3n) is 3.61. The Hall–Kier alpha value is -1.80. The molecule has 0 N–H and O–H groups in total. The molecule has 1 saturated carbocycles. The van der Waals surface area contributed by atoms with Gasteiger partial charge in [-0.05, 0) is 36.4 Å². The Kier molecular flexibility index (Phi) is 3.16. The number of nitrogens with zero attached hydrogens (tertiary/aromatic N) is 3. The lowest BCUT2D eigenvalue weighted by molar-refractivity contribution is -0.121. The molecule has 1 atom stereocenters. The molecule has 0 radical (unpaired) electrons. The fraction of sp³-hybridized carbons (Fsp3) is 0.462. The molecule has 0 amide bonds. The number of ketones is 1. The van der Waals surface area contributed by atoms with E-state index in [1.54, 1.807) is 0 Å². The number of hydrogen-bond acceptors (Lipinski definition) is 2. The zero-order valence-corrected chi connectivity index (χ0v) is 9.89. The molecule has 1 aromatic rings. The van der Waals surface area contributed by atoms with Crippen LogP contribution in [0.5, 0.6) is 0 Å². The van der Waals surface area contributed by atoms with Gasteiger partial charge in [-0.2, -0.15) is 0 Å². The van der Waals surface area contributed by atoms with Crippen LogP contribution in [-0.2, 0) is 10.2 Å². The van der Waals surface area contributed by atoms with Gasteiger partial charge in [0.05, 0.1) is 5.41 Å². The molecule has 1 aromatic carbocycles. The Bertz CT molecular complexity index is 491. The largest absolute Gasteiger partial charge is 0.299 e. The number of carbonyl (C=O) groups is 1. The minimum atomic E-state index is -0.572. The first-order chi connectivity index (χ1) is 8.20. The molecule has 0 aliphatic heterocycles. The summed E-state index contributed by atoms with van der Waals surface area (Å²) in [5, 5.41) is 3.65. The zero-order chi connectivity index (χ0) is 12.3. The number of aryl methyl sites for hydroxylation is 1. The van der Waals surface area contributed by atoms with Crippen molar-refractivity contribution in [3.05, 3.63) is 45.8 Å². The molecular formula is C13H15N3O. The smallest absolute Gasteiger partial charge is 0.143 e. The van der Waals surface area contributed by atoms with Gasteiger partial charge in [-0.3, -0.25) is 4.79 Å². The van der Waals surface area contributed by atoms with E-state index in [0.29, 0.717) is 6.42 Å². The lowest BCUT2D eigenvalue weighted by Gasteiger charge is -2.27. The topological polar surface area (TPSA) is 65.8 Å². The molecule has 4 nitrogen and oxygen atoms in total. The van der Waals surface area contributed by atoms with Gasteiger partial charge < -0.3 is 0 Å². The van der Waals surface area contributed by atoms with E-state index in [4.69, 9.17) is 5.53 Å². The van der Waals surface area contributed by atoms with Crippen LogP contribution in [0.15, 0.2) is 29.4 Å². The van der Waals surface area contributed by atoms with Crippen molar-refractivity contribution in [3.8, 4) is 0 Å². The van der Waals surface area contributed by atoms with E-state index in [-0.39, 0.29) is 12.3 Å². The van der Waals surface area contributed by atoms with E-state index in [1.807, 2.05) is 31.2 Å². The van der Waals surface area contributed by atoms with Crippen LogP contribution in [-0.4, -0.2) is 12.3 Å². The highest BCUT2D eigenvalue weighted by Gasteiger charge is 2.43. The minimum Gasteiger partial charge on any atom is -0.299 e. The van der Waals surface area contributed by atoms with Gasteiger partial charge in [0.15, 0.2) is 0 Å². The first-order valence-corrected chi connectivity index (χ1v) is 5.81. The van der Waals surface area contributed by atoms with Crippen molar-refractivity contribution >= 4 is 5.78 Å². The van der Waals surface area contributed by atoms with Gasteiger partial charge >= 0.3 is 0 Å². The molecular weight excluding hydrogens is 214 g/mol. The Morgan fingerprint density at radius 2 is 2.24 bits per heavy atom. The lowest BCUT2D eigenvalue weighted by Crippen LogP contribution is -2.34. The summed E-state index contributed by atoms with van der Waals surface area (Å²) in [5.41, 5.74) is 10.0. The summed E-state index contributed by atoms with van der Waals surface area (Å²) in [6, 6.07) is 7.87. The van der Waals surface area contributed by atoms with Crippen molar-refractivity contribution in [2.24, 2.45) is 5.11 Å². The zero-order valence-electron chi connectivity index (χ0n) is 9.89. The fourth-order valence-corrected chi connectivity index (χ4v) is 2.73. The second-order valence-electron chi connectivity index (χ2n) is 4.56. The first-order valence-electron chi connectivity index (χ1n) is 5.81. The van der Waals surface area contributed by atoms with Crippen LogP contribution in [0.2, 0.25) is 0 Å². The van der Waals surface area contributed by atoms with Crippen LogP contribution in [0, 0.1) is 6.92 Å². The van der Waals surface area contributed by atoms with E-state index in [1.165, 1.54) is 0 Å². The Morgan fingerprint density at radius 1 is 1.47 bits per heavy atom. The molecule has 1 unspecified atom stereocenters. The second-order valence-corrected chi connectivity index (χ2v) is 4.56. The van der Waals surface area contributed by atoms with Gasteiger partial charge in [-0.15, -0.1) is 0 Å². The molecule has 17 heavy (non-hydrogen) atoms. The third-order valence-corrected chi connectivity index (χ3v) is 3.61. The molecule has 2 rings (SSSR count). The van der Waals surface area contributed by atoms with Gasteiger partial charge in [-0.1, -0.05) is 29.4 Å². The predicted octanol–water partition coefficient (Wildman–Crippen LogP) is 3.30. The van der Waals surface area contributed by atoms with Crippen molar-refractivity contribution in [1.82, 2.24) is 0 Å². The summed E-state index contributed by atoms with van der Waals surface area (Å²) in [7, 11) is 0. The molecule has 4 heteroatoms. The van der Waals surface area contributed by atoms with Crippen molar-refractivity contribution in [2.75, 3.05) is 6.54 Å². The van der Waals surface area contributed by atoms with Crippen molar-refractivity contribution in [1.29, 1.82) is 0 Å². The molecule has 0 saturated heterocycles. The summed E-state index contributed by atoms with van der Waals surface area (Å²) in [4.78, 5) is 15.0. The van der Waals surface area contributed by atoms with Gasteiger partial charge in [0.25, 0.3) is 0 Å². The standard InChI is InChI=1S/C13H15N3O/c1-10-5-2-3-6-11(10)13(9-15-16-14)8-4-7-12(13)17/h2-3,5-6H,4,7-9H2,1H3. The van der Waals surface area contributed by atoms with E-state index >= 15 is 0 Å². The molecule has 0 spiro atoms. The highest BCUT2D eigenvalue weighted by Crippen LogP contribution is 2.40. The number of hydrogen-bond donors (Lipinski definition) is 0. The monoisotopic (exact) mass is 229 g/mol. The van der Waals surface area contributed by atoms with Crippen LogP contribution in [0.3, 0.4) is 0 Å². The second kappa shape index (κ2) is 4.60. The molecule has 1 fully saturated rings. The van der Waals surface area contributed by atoms with Crippen molar-refractivity contribution < 1.29 is 4.79 Å². The summed E-state index contributed by atoms with van der Waals surface area (Å²) >= 11 is 0. The summed E-state index contributed by atoms with van der Waals surface area (Å²) in [5.74, 6) is 0.208. The normalized spacial score (nSPS) is 23.5. The summed E-state index contributed by atoms with van der Waals surface area (Å²) in [6.45, 7) is 2.24. The first kappa shape index (κ1) is 11.7. The SMILES string of the molecule is Cc1ccccc1C1(CN=[N+]=[N-])CCCC1=O. The molecule has 1 aliphatic rings. The van der Waals surface area contributed by atoms with Crippen molar-refractivity contribution in [2.45, 2.75) is 31.6 Å². The van der Waals surface area contributed by atoms with E-state index in [0.717, 1.165) is 24.0 Å². The maximum absolute atomic E-state index is 12.2. The van der Waals surface area contributed by atoms with Crippen LogP contribution >= 0.6 is 0 Å². The summed E-state index contributed by atoms with van der Waals surface area (Å²) < 4.78 is 0. The Morgan fingerprint density at radius 3 is 2.82 bits per heavy atom. The van der Waals surface area contributed by atoms with Crippen LogP contribution in [0.1, 0.15) is 30.4 Å². The number of benzene rings is 1. The van der Waals surface area contributed by atoms with Crippen LogP contribution < -0.4 is 0 Å². The highest BCUT2D eigenvalue weighted by molar-refractivity contribution is 5.92. The maximum Gasteiger partial charge on any atom is 0.143 e. The summed E-state index contributed by atoms with van der Waals surface area (Å²) in [6.07, 6.45) is 2.26. The average molecular weight is 229 g/mol. The average Bonchev–Trinajstić information content (AvgIpc) is 2.70. The number of Topliss-reactive ketones (excluding diaryl/α,β-unsaturated/α-hetero) is 1. The number of carbonyl (C=O) groups excluding carboxylic acids is 1. The highest BCUT2D eigenvalue weighted by atomic mass is 16.1. The maximum atomic E-state index is 12.2. The Labute approximate surface area is 100 Å². The van der Waals surface area contributed by atoms with Crippen LogP contribution in [0.25, 0.3) is 10.4 Å². The molecule has 1 aliphatic carbocycles. The van der Waals surface area contributed by atoms with Crippen molar-refractivity contribution in [3.63, 3.8) is 0 Å². The lowest BCUT2D eigenvalue weighted by atomic mass is 9.76. The van der Waals surface area contributed by atoms with Gasteiger partial charge in [0, 0.05) is 17.9 Å². The number of azide groups is 1. The van der Waals surface area contributed by atoms with E-state index in [2.05, 4.69) is 10.0 Å². The molecule has 0 aromatic heterocycles. The van der Waals surface area contributed by atoms with Gasteiger partial charge in [-0.25, -0.2) is 0 Å². The van der Waals surface area contributed by atoms with Gasteiger partial charge in [0.1, 0.15) is 5.78 Å². The minimum absolute atomic E-state index is 0.208. The molecule has 88 valence electrons. The molecule has 0 bridgehead atoms. The Balaban J connectivity index is 2.51.